The first-order valence-corrected chi connectivity index (χ1v) is 9.05. The fourth-order valence-electron chi connectivity index (χ4n) is 3.01. The first-order valence-electron chi connectivity index (χ1n) is 8.00. The maximum atomic E-state index is 12.8. The molecular formula is C19H18O5S. The molecule has 25 heavy (non-hydrogen) atoms. The summed E-state index contributed by atoms with van der Waals surface area (Å²) in [7, 11) is 0. The summed E-state index contributed by atoms with van der Waals surface area (Å²) in [4.78, 5) is 24.3. The van der Waals surface area contributed by atoms with Crippen LogP contribution in [0.3, 0.4) is 0 Å². The minimum Gasteiger partial charge on any atom is -0.507 e. The second kappa shape index (κ2) is 7.19. The molecule has 0 unspecified atom stereocenters. The van der Waals surface area contributed by atoms with Crippen LogP contribution in [0.5, 0.6) is 11.5 Å². The molecule has 2 N–H and O–H groups in total. The second-order valence-corrected chi connectivity index (χ2v) is 6.83. The summed E-state index contributed by atoms with van der Waals surface area (Å²) in [5.41, 5.74) is 1.81. The van der Waals surface area contributed by atoms with Gasteiger partial charge in [-0.3, -0.25) is 9.59 Å². The van der Waals surface area contributed by atoms with Gasteiger partial charge in [0.1, 0.15) is 11.5 Å². The normalized spacial score (nSPS) is 13.2. The van der Waals surface area contributed by atoms with E-state index >= 15 is 0 Å². The van der Waals surface area contributed by atoms with E-state index in [1.807, 2.05) is 0 Å². The van der Waals surface area contributed by atoms with Crippen molar-refractivity contribution in [2.75, 3.05) is 12.4 Å². The predicted octanol–water partition coefficient (Wildman–Crippen LogP) is 3.42. The molecule has 0 atom stereocenters. The molecule has 1 aliphatic carbocycles. The van der Waals surface area contributed by atoms with Gasteiger partial charge in [0, 0.05) is 5.75 Å². The fourth-order valence-corrected chi connectivity index (χ4v) is 4.28. The summed E-state index contributed by atoms with van der Waals surface area (Å²) in [5.74, 6) is -0.362. The Kier molecular flexibility index (Phi) is 4.99. The van der Waals surface area contributed by atoms with Crippen LogP contribution in [-0.2, 0) is 9.53 Å². The van der Waals surface area contributed by atoms with E-state index in [9.17, 15) is 19.8 Å². The minimum absolute atomic E-state index is 0.104. The molecular weight excluding hydrogens is 340 g/mol. The third-order valence-corrected chi connectivity index (χ3v) is 5.35. The van der Waals surface area contributed by atoms with Crippen molar-refractivity contribution in [2.24, 2.45) is 0 Å². The van der Waals surface area contributed by atoms with Gasteiger partial charge in [0.2, 0.25) is 5.78 Å². The first-order chi connectivity index (χ1) is 12.0. The molecule has 1 aliphatic rings. The summed E-state index contributed by atoms with van der Waals surface area (Å²) < 4.78 is 4.94. The topological polar surface area (TPSA) is 83.8 Å². The fraction of sp³-hybridized carbons (Fsp3) is 0.263. The van der Waals surface area contributed by atoms with Crippen LogP contribution >= 0.6 is 11.8 Å². The number of rotatable bonds is 5. The van der Waals surface area contributed by atoms with E-state index in [2.05, 4.69) is 0 Å². The van der Waals surface area contributed by atoms with Crippen LogP contribution < -0.4 is 0 Å². The SMILES string of the molecule is CCOC(=O)CCSC1c2cccc(O)c2C(=O)c2c(O)cccc21. The van der Waals surface area contributed by atoms with E-state index in [-0.39, 0.29) is 46.0 Å². The van der Waals surface area contributed by atoms with Crippen LogP contribution in [0, 0.1) is 0 Å². The maximum absolute atomic E-state index is 12.8. The third kappa shape index (κ3) is 3.22. The van der Waals surface area contributed by atoms with E-state index in [0.29, 0.717) is 23.5 Å². The van der Waals surface area contributed by atoms with E-state index in [4.69, 9.17) is 4.74 Å². The van der Waals surface area contributed by atoms with Crippen LogP contribution in [-0.4, -0.2) is 34.3 Å². The highest BCUT2D eigenvalue weighted by Crippen LogP contribution is 2.47. The number of phenols is 2. The number of fused-ring (bicyclic) bond motifs is 2. The van der Waals surface area contributed by atoms with Crippen molar-refractivity contribution in [1.82, 2.24) is 0 Å². The standard InChI is InChI=1S/C19H18O5S/c1-2-24-15(22)9-10-25-19-11-5-3-7-13(20)16(11)18(23)17-12(19)6-4-8-14(17)21/h3-8,19-21H,2,9-10H2,1H3. The lowest BCUT2D eigenvalue weighted by atomic mass is 9.83. The molecule has 0 amide bonds. The van der Waals surface area contributed by atoms with Crippen molar-refractivity contribution in [3.63, 3.8) is 0 Å². The zero-order chi connectivity index (χ0) is 18.0. The molecule has 0 fully saturated rings. The zero-order valence-electron chi connectivity index (χ0n) is 13.7. The van der Waals surface area contributed by atoms with Gasteiger partial charge in [0.05, 0.1) is 29.4 Å². The Morgan fingerprint density at radius 2 is 1.64 bits per heavy atom. The molecule has 2 aromatic rings. The molecule has 0 heterocycles. The lowest BCUT2D eigenvalue weighted by Gasteiger charge is -2.28. The number of carbonyl (C=O) groups is 2. The largest absolute Gasteiger partial charge is 0.507 e. The molecule has 0 saturated heterocycles. The lowest BCUT2D eigenvalue weighted by Crippen LogP contribution is -2.19. The summed E-state index contributed by atoms with van der Waals surface area (Å²) in [6.07, 6.45) is 0.255. The number of ether oxygens (including phenoxy) is 1. The van der Waals surface area contributed by atoms with Crippen molar-refractivity contribution in [1.29, 1.82) is 0 Å². The molecule has 0 radical (unpaired) electrons. The summed E-state index contributed by atoms with van der Waals surface area (Å²) in [5, 5.41) is 20.1. The van der Waals surface area contributed by atoms with Gasteiger partial charge in [-0.25, -0.2) is 0 Å². The molecule has 0 aliphatic heterocycles. The minimum atomic E-state index is -0.386. The number of benzene rings is 2. The molecule has 2 aromatic carbocycles. The second-order valence-electron chi connectivity index (χ2n) is 5.62. The van der Waals surface area contributed by atoms with E-state index in [1.165, 1.54) is 23.9 Å². The Balaban J connectivity index is 1.97. The van der Waals surface area contributed by atoms with Crippen molar-refractivity contribution >= 4 is 23.5 Å². The number of esters is 1. The van der Waals surface area contributed by atoms with Gasteiger partial charge >= 0.3 is 5.97 Å². The zero-order valence-corrected chi connectivity index (χ0v) is 14.5. The molecule has 130 valence electrons. The van der Waals surface area contributed by atoms with Crippen LogP contribution in [0.2, 0.25) is 0 Å². The van der Waals surface area contributed by atoms with Gasteiger partial charge < -0.3 is 14.9 Å². The third-order valence-electron chi connectivity index (χ3n) is 4.06. The molecule has 5 nitrogen and oxygen atoms in total. The molecule has 6 heteroatoms. The predicted molar refractivity (Wildman–Crippen MR) is 95.2 cm³/mol. The van der Waals surface area contributed by atoms with Gasteiger partial charge in [-0.05, 0) is 30.2 Å². The first kappa shape index (κ1) is 17.4. The van der Waals surface area contributed by atoms with Gasteiger partial charge in [0.25, 0.3) is 0 Å². The van der Waals surface area contributed by atoms with Crippen molar-refractivity contribution < 1.29 is 24.5 Å². The number of carbonyl (C=O) groups excluding carboxylic acids is 2. The average Bonchev–Trinajstić information content (AvgIpc) is 2.57. The summed E-state index contributed by atoms with van der Waals surface area (Å²) in [6.45, 7) is 2.10. The highest BCUT2D eigenvalue weighted by Gasteiger charge is 2.35. The highest BCUT2D eigenvalue weighted by molar-refractivity contribution is 7.99. The quantitative estimate of drug-likeness (QED) is 0.797. The molecule has 3 rings (SSSR count). The molecule has 0 aromatic heterocycles. The maximum Gasteiger partial charge on any atom is 0.306 e. The van der Waals surface area contributed by atoms with Crippen molar-refractivity contribution in [3.05, 3.63) is 58.7 Å². The number of aromatic hydroxyl groups is 2. The summed E-state index contributed by atoms with van der Waals surface area (Å²) >= 11 is 1.48. The number of ketones is 1. The molecule has 0 spiro atoms. The average molecular weight is 358 g/mol. The Bertz CT molecular complexity index is 775. The monoisotopic (exact) mass is 358 g/mol. The van der Waals surface area contributed by atoms with Crippen molar-refractivity contribution in [3.8, 4) is 11.5 Å². The van der Waals surface area contributed by atoms with E-state index in [1.54, 1.807) is 31.2 Å². The van der Waals surface area contributed by atoms with Crippen LogP contribution in [0.1, 0.15) is 45.6 Å². The Morgan fingerprint density at radius 1 is 1.08 bits per heavy atom. The van der Waals surface area contributed by atoms with Crippen LogP contribution in [0.4, 0.5) is 0 Å². The van der Waals surface area contributed by atoms with Crippen LogP contribution in [0.15, 0.2) is 36.4 Å². The summed E-state index contributed by atoms with van der Waals surface area (Å²) in [6, 6.07) is 9.89. The smallest absolute Gasteiger partial charge is 0.306 e. The van der Waals surface area contributed by atoms with Crippen LogP contribution in [0.25, 0.3) is 0 Å². The van der Waals surface area contributed by atoms with Gasteiger partial charge in [-0.1, -0.05) is 24.3 Å². The lowest BCUT2D eigenvalue weighted by molar-refractivity contribution is -0.142. The Labute approximate surface area is 149 Å². The van der Waals surface area contributed by atoms with E-state index in [0.717, 1.165) is 0 Å². The van der Waals surface area contributed by atoms with Gasteiger partial charge in [-0.2, -0.15) is 0 Å². The highest BCUT2D eigenvalue weighted by atomic mass is 32.2. The Morgan fingerprint density at radius 3 is 2.16 bits per heavy atom. The number of hydrogen-bond donors (Lipinski definition) is 2. The van der Waals surface area contributed by atoms with Crippen molar-refractivity contribution in [2.45, 2.75) is 18.6 Å². The molecule has 0 bridgehead atoms. The number of thioether (sulfide) groups is 1. The van der Waals surface area contributed by atoms with Gasteiger partial charge in [0.15, 0.2) is 0 Å². The number of phenolic OH excluding ortho intramolecular Hbond substituents is 2. The van der Waals surface area contributed by atoms with Gasteiger partial charge in [-0.15, -0.1) is 11.8 Å². The van der Waals surface area contributed by atoms with E-state index < -0.39 is 0 Å². The number of hydrogen-bond acceptors (Lipinski definition) is 6. The molecule has 0 saturated carbocycles. The Hall–Kier alpha value is -2.47.